The molecule has 0 aliphatic carbocycles. The third kappa shape index (κ3) is 5.61. The Morgan fingerprint density at radius 1 is 1.00 bits per heavy atom. The van der Waals surface area contributed by atoms with Crippen LogP contribution < -0.4 is 19.5 Å². The molecule has 3 aromatic rings. The summed E-state index contributed by atoms with van der Waals surface area (Å²) in [6.07, 6.45) is 1.65. The standard InChI is InChI=1S/C23H21N3O8S/c1-26-10-2-3-18(26)22(28)24-21(27)14-34-23(29)15-4-6-16(7-5-15)25-35(30,31)17-8-9-19-20(13-17)33-12-11-32-19/h2-10,13,25H,11-12,14H2,1H3,(H,24,27,28). The highest BCUT2D eigenvalue weighted by Gasteiger charge is 2.20. The first kappa shape index (κ1) is 23.8. The van der Waals surface area contributed by atoms with Gasteiger partial charge in [0.1, 0.15) is 18.9 Å². The Bertz CT molecular complexity index is 1380. The Balaban J connectivity index is 1.32. The number of carbonyl (C=O) groups is 3. The molecule has 0 saturated heterocycles. The zero-order valence-electron chi connectivity index (χ0n) is 18.5. The molecule has 2 aromatic carbocycles. The Labute approximate surface area is 200 Å². The molecule has 0 atom stereocenters. The summed E-state index contributed by atoms with van der Waals surface area (Å²) >= 11 is 0. The van der Waals surface area contributed by atoms with Gasteiger partial charge in [0, 0.05) is 25.0 Å². The number of nitrogens with zero attached hydrogens (tertiary/aromatic N) is 1. The van der Waals surface area contributed by atoms with Gasteiger partial charge in [0.05, 0.1) is 10.5 Å². The predicted octanol–water partition coefficient (Wildman–Crippen LogP) is 1.71. The summed E-state index contributed by atoms with van der Waals surface area (Å²) in [7, 11) is -2.27. The number of imide groups is 1. The number of amides is 2. The van der Waals surface area contributed by atoms with E-state index in [1.807, 2.05) is 0 Å². The van der Waals surface area contributed by atoms with E-state index in [1.165, 1.54) is 53.1 Å². The topological polar surface area (TPSA) is 142 Å². The second kappa shape index (κ2) is 9.89. The number of aryl methyl sites for hydroxylation is 1. The normalized spacial score (nSPS) is 12.5. The van der Waals surface area contributed by atoms with Gasteiger partial charge >= 0.3 is 5.97 Å². The summed E-state index contributed by atoms with van der Waals surface area (Å²) in [6, 6.07) is 12.9. The van der Waals surface area contributed by atoms with Gasteiger partial charge in [-0.2, -0.15) is 0 Å². The van der Waals surface area contributed by atoms with Crippen LogP contribution in [0.25, 0.3) is 0 Å². The van der Waals surface area contributed by atoms with Crippen LogP contribution in [0.4, 0.5) is 5.69 Å². The highest BCUT2D eigenvalue weighted by atomic mass is 32.2. The number of hydrogen-bond donors (Lipinski definition) is 2. The third-order valence-corrected chi connectivity index (χ3v) is 6.34. The molecule has 11 nitrogen and oxygen atoms in total. The average molecular weight is 500 g/mol. The first-order valence-corrected chi connectivity index (χ1v) is 11.9. The molecule has 2 heterocycles. The van der Waals surface area contributed by atoms with Crippen molar-refractivity contribution in [3.63, 3.8) is 0 Å². The number of aromatic nitrogens is 1. The first-order chi connectivity index (χ1) is 16.7. The van der Waals surface area contributed by atoms with Crippen LogP contribution in [0.1, 0.15) is 20.8 Å². The maximum Gasteiger partial charge on any atom is 0.338 e. The van der Waals surface area contributed by atoms with E-state index in [1.54, 1.807) is 19.3 Å². The summed E-state index contributed by atoms with van der Waals surface area (Å²) in [6.45, 7) is 0.0579. The monoisotopic (exact) mass is 499 g/mol. The van der Waals surface area contributed by atoms with Crippen LogP contribution in [0.5, 0.6) is 11.5 Å². The van der Waals surface area contributed by atoms with E-state index in [0.717, 1.165) is 0 Å². The molecule has 1 aromatic heterocycles. The molecular weight excluding hydrogens is 478 g/mol. The fourth-order valence-electron chi connectivity index (χ4n) is 3.22. The van der Waals surface area contributed by atoms with Gasteiger partial charge in [0.15, 0.2) is 18.1 Å². The summed E-state index contributed by atoms with van der Waals surface area (Å²) < 4.78 is 45.1. The van der Waals surface area contributed by atoms with Gasteiger partial charge < -0.3 is 18.8 Å². The van der Waals surface area contributed by atoms with Gasteiger partial charge in [-0.25, -0.2) is 13.2 Å². The lowest BCUT2D eigenvalue weighted by Crippen LogP contribution is -2.35. The van der Waals surface area contributed by atoms with Crippen molar-refractivity contribution in [3.8, 4) is 11.5 Å². The fourth-order valence-corrected chi connectivity index (χ4v) is 4.29. The SMILES string of the molecule is Cn1cccc1C(=O)NC(=O)COC(=O)c1ccc(NS(=O)(=O)c2ccc3c(c2)OCCO3)cc1. The molecule has 4 rings (SSSR count). The lowest BCUT2D eigenvalue weighted by atomic mass is 10.2. The Kier molecular flexibility index (Phi) is 6.73. The van der Waals surface area contributed by atoms with Crippen molar-refractivity contribution in [2.75, 3.05) is 24.5 Å². The molecule has 182 valence electrons. The van der Waals surface area contributed by atoms with Gasteiger partial charge in [-0.15, -0.1) is 0 Å². The largest absolute Gasteiger partial charge is 0.486 e. The zero-order valence-corrected chi connectivity index (χ0v) is 19.3. The maximum atomic E-state index is 12.7. The van der Waals surface area contributed by atoms with Crippen LogP contribution in [-0.2, 0) is 26.6 Å². The number of carbonyl (C=O) groups excluding carboxylic acids is 3. The second-order valence-electron chi connectivity index (χ2n) is 7.45. The first-order valence-electron chi connectivity index (χ1n) is 10.4. The minimum atomic E-state index is -3.92. The van der Waals surface area contributed by atoms with Crippen molar-refractivity contribution < 1.29 is 37.0 Å². The number of ether oxygens (including phenoxy) is 3. The number of benzene rings is 2. The molecule has 0 spiro atoms. The molecule has 12 heteroatoms. The van der Waals surface area contributed by atoms with Crippen molar-refractivity contribution >= 4 is 33.5 Å². The minimum Gasteiger partial charge on any atom is -0.486 e. The molecule has 0 bridgehead atoms. The molecule has 0 saturated carbocycles. The Hall–Kier alpha value is -4.32. The molecular formula is C23H21N3O8S. The number of rotatable bonds is 7. The Morgan fingerprint density at radius 3 is 2.40 bits per heavy atom. The van der Waals surface area contributed by atoms with Crippen LogP contribution in [0, 0.1) is 0 Å². The summed E-state index contributed by atoms with van der Waals surface area (Å²) in [5.74, 6) is -1.41. The van der Waals surface area contributed by atoms with Gasteiger partial charge in [-0.3, -0.25) is 19.6 Å². The lowest BCUT2D eigenvalue weighted by Gasteiger charge is -2.19. The van der Waals surface area contributed by atoms with Crippen molar-refractivity contribution in [1.29, 1.82) is 0 Å². The maximum absolute atomic E-state index is 12.7. The molecule has 1 aliphatic rings. The minimum absolute atomic E-state index is 0.0128. The van der Waals surface area contributed by atoms with Crippen molar-refractivity contribution in [3.05, 3.63) is 72.1 Å². The van der Waals surface area contributed by atoms with Crippen LogP contribution in [0.3, 0.4) is 0 Å². The number of nitrogens with one attached hydrogen (secondary N) is 2. The van der Waals surface area contributed by atoms with Crippen LogP contribution in [0.2, 0.25) is 0 Å². The van der Waals surface area contributed by atoms with Crippen LogP contribution >= 0.6 is 0 Å². The van der Waals surface area contributed by atoms with E-state index >= 15 is 0 Å². The Morgan fingerprint density at radius 2 is 1.71 bits per heavy atom. The van der Waals surface area contributed by atoms with Crippen molar-refractivity contribution in [2.45, 2.75) is 4.90 Å². The lowest BCUT2D eigenvalue weighted by molar-refractivity contribution is -0.123. The van der Waals surface area contributed by atoms with E-state index in [4.69, 9.17) is 14.2 Å². The highest BCUT2D eigenvalue weighted by molar-refractivity contribution is 7.92. The average Bonchev–Trinajstić information content (AvgIpc) is 3.28. The van der Waals surface area contributed by atoms with Crippen molar-refractivity contribution in [2.24, 2.45) is 7.05 Å². The van der Waals surface area contributed by atoms with Gasteiger partial charge in [-0.05, 0) is 48.5 Å². The van der Waals surface area contributed by atoms with E-state index in [-0.39, 0.29) is 21.8 Å². The molecule has 0 radical (unpaired) electrons. The number of esters is 1. The summed E-state index contributed by atoms with van der Waals surface area (Å²) in [4.78, 5) is 36.1. The zero-order chi connectivity index (χ0) is 25.0. The molecule has 0 fully saturated rings. The number of fused-ring (bicyclic) bond motifs is 1. The number of anilines is 1. The molecule has 2 amide bonds. The highest BCUT2D eigenvalue weighted by Crippen LogP contribution is 2.32. The van der Waals surface area contributed by atoms with Crippen molar-refractivity contribution in [1.82, 2.24) is 9.88 Å². The van der Waals surface area contributed by atoms with E-state index in [2.05, 4.69) is 10.0 Å². The van der Waals surface area contributed by atoms with Crippen LogP contribution in [0.15, 0.2) is 65.7 Å². The van der Waals surface area contributed by atoms with Gasteiger partial charge in [0.25, 0.3) is 21.8 Å². The predicted molar refractivity (Wildman–Crippen MR) is 123 cm³/mol. The second-order valence-corrected chi connectivity index (χ2v) is 9.13. The number of hydrogen-bond acceptors (Lipinski definition) is 8. The quantitative estimate of drug-likeness (QED) is 0.468. The molecule has 1 aliphatic heterocycles. The third-order valence-electron chi connectivity index (χ3n) is 4.96. The van der Waals surface area contributed by atoms with E-state index < -0.39 is 34.4 Å². The smallest absolute Gasteiger partial charge is 0.338 e. The fraction of sp³-hybridized carbons (Fsp3) is 0.174. The number of sulfonamides is 1. The summed E-state index contributed by atoms with van der Waals surface area (Å²) in [5, 5.41) is 2.13. The summed E-state index contributed by atoms with van der Waals surface area (Å²) in [5.41, 5.74) is 0.579. The van der Waals surface area contributed by atoms with Gasteiger partial charge in [-0.1, -0.05) is 0 Å². The van der Waals surface area contributed by atoms with Crippen LogP contribution in [-0.4, -0.2) is 50.6 Å². The van der Waals surface area contributed by atoms with E-state index in [9.17, 15) is 22.8 Å². The molecule has 2 N–H and O–H groups in total. The van der Waals surface area contributed by atoms with Gasteiger partial charge in [0.2, 0.25) is 0 Å². The van der Waals surface area contributed by atoms with E-state index in [0.29, 0.717) is 24.7 Å². The molecule has 0 unspecified atom stereocenters. The molecule has 35 heavy (non-hydrogen) atoms.